The Hall–Kier alpha value is -2.49. The van der Waals surface area contributed by atoms with E-state index in [0.717, 1.165) is 18.7 Å². The lowest BCUT2D eigenvalue weighted by Crippen LogP contribution is -2.09. The molecule has 0 spiro atoms. The number of nitrogens with one attached hydrogen (secondary N) is 1. The number of benzene rings is 2. The first-order valence-electron chi connectivity index (χ1n) is 6.88. The van der Waals surface area contributed by atoms with E-state index in [1.54, 1.807) is 12.1 Å². The van der Waals surface area contributed by atoms with E-state index in [4.69, 9.17) is 10.5 Å². The molecule has 21 heavy (non-hydrogen) atoms. The van der Waals surface area contributed by atoms with Crippen LogP contribution in [0.4, 0.5) is 11.4 Å². The van der Waals surface area contributed by atoms with Gasteiger partial charge in [-0.1, -0.05) is 24.3 Å². The van der Waals surface area contributed by atoms with Crippen LogP contribution in [0.25, 0.3) is 0 Å². The molecule has 0 saturated carbocycles. The van der Waals surface area contributed by atoms with E-state index in [1.165, 1.54) is 18.2 Å². The van der Waals surface area contributed by atoms with Gasteiger partial charge in [0.25, 0.3) is 0 Å². The summed E-state index contributed by atoms with van der Waals surface area (Å²) in [5.74, 6) is -0.421. The fourth-order valence-corrected chi connectivity index (χ4v) is 2.19. The normalized spacial score (nSPS) is 10.2. The SMILES string of the molecule is COC(=O)c1cc(NCCc2ccccc2C)ccc1N. The maximum atomic E-state index is 11.6. The summed E-state index contributed by atoms with van der Waals surface area (Å²) >= 11 is 0. The number of carbonyl (C=O) groups excluding carboxylic acids is 1. The van der Waals surface area contributed by atoms with Crippen LogP contribution in [0.3, 0.4) is 0 Å². The molecular formula is C17H20N2O2. The van der Waals surface area contributed by atoms with Gasteiger partial charge in [0.2, 0.25) is 0 Å². The Bertz CT molecular complexity index is 638. The van der Waals surface area contributed by atoms with Crippen LogP contribution in [-0.4, -0.2) is 19.6 Å². The van der Waals surface area contributed by atoms with E-state index in [-0.39, 0.29) is 0 Å². The summed E-state index contributed by atoms with van der Waals surface area (Å²) in [7, 11) is 1.35. The van der Waals surface area contributed by atoms with Gasteiger partial charge < -0.3 is 15.8 Å². The topological polar surface area (TPSA) is 64.3 Å². The first-order valence-corrected chi connectivity index (χ1v) is 6.88. The van der Waals surface area contributed by atoms with Crippen molar-refractivity contribution < 1.29 is 9.53 Å². The Labute approximate surface area is 124 Å². The van der Waals surface area contributed by atoms with Crippen molar-refractivity contribution in [3.8, 4) is 0 Å². The van der Waals surface area contributed by atoms with Gasteiger partial charge >= 0.3 is 5.97 Å². The maximum Gasteiger partial charge on any atom is 0.340 e. The number of rotatable bonds is 5. The van der Waals surface area contributed by atoms with Crippen molar-refractivity contribution in [3.05, 3.63) is 59.2 Å². The molecule has 0 unspecified atom stereocenters. The third-order valence-corrected chi connectivity index (χ3v) is 3.44. The fourth-order valence-electron chi connectivity index (χ4n) is 2.19. The average Bonchev–Trinajstić information content (AvgIpc) is 2.50. The predicted molar refractivity (Wildman–Crippen MR) is 85.6 cm³/mol. The summed E-state index contributed by atoms with van der Waals surface area (Å²) in [5, 5.41) is 3.30. The Morgan fingerprint density at radius 1 is 1.24 bits per heavy atom. The van der Waals surface area contributed by atoms with E-state index >= 15 is 0 Å². The third kappa shape index (κ3) is 3.75. The number of nitrogens with two attached hydrogens (primary N) is 1. The largest absolute Gasteiger partial charge is 0.465 e. The Kier molecular flexibility index (Phi) is 4.82. The highest BCUT2D eigenvalue weighted by atomic mass is 16.5. The van der Waals surface area contributed by atoms with Gasteiger partial charge in [-0.3, -0.25) is 0 Å². The highest BCUT2D eigenvalue weighted by Gasteiger charge is 2.10. The van der Waals surface area contributed by atoms with Crippen molar-refractivity contribution in [2.24, 2.45) is 0 Å². The molecule has 0 bridgehead atoms. The molecule has 0 radical (unpaired) electrons. The van der Waals surface area contributed by atoms with Crippen LogP contribution < -0.4 is 11.1 Å². The molecule has 0 aliphatic carbocycles. The second kappa shape index (κ2) is 6.79. The first-order chi connectivity index (χ1) is 10.1. The number of carbonyl (C=O) groups is 1. The van der Waals surface area contributed by atoms with Crippen LogP contribution in [0, 0.1) is 6.92 Å². The summed E-state index contributed by atoms with van der Waals surface area (Å²) in [6.45, 7) is 2.89. The number of aryl methyl sites for hydroxylation is 1. The van der Waals surface area contributed by atoms with Gasteiger partial charge in [0.15, 0.2) is 0 Å². The molecular weight excluding hydrogens is 264 g/mol. The molecule has 2 rings (SSSR count). The second-order valence-corrected chi connectivity index (χ2v) is 4.90. The van der Waals surface area contributed by atoms with Crippen LogP contribution in [0.1, 0.15) is 21.5 Å². The number of nitrogen functional groups attached to an aromatic ring is 1. The zero-order valence-electron chi connectivity index (χ0n) is 12.3. The summed E-state index contributed by atoms with van der Waals surface area (Å²) in [4.78, 5) is 11.6. The molecule has 0 saturated heterocycles. The van der Waals surface area contributed by atoms with Crippen LogP contribution >= 0.6 is 0 Å². The lowest BCUT2D eigenvalue weighted by Gasteiger charge is -2.10. The summed E-state index contributed by atoms with van der Waals surface area (Å²) in [5.41, 5.74) is 10.0. The highest BCUT2D eigenvalue weighted by molar-refractivity contribution is 5.96. The zero-order valence-corrected chi connectivity index (χ0v) is 12.3. The Balaban J connectivity index is 2.01. The van der Waals surface area contributed by atoms with Gasteiger partial charge in [0.1, 0.15) is 0 Å². The Morgan fingerprint density at radius 2 is 2.00 bits per heavy atom. The fraction of sp³-hybridized carbons (Fsp3) is 0.235. The summed E-state index contributed by atoms with van der Waals surface area (Å²) in [6.07, 6.45) is 0.921. The number of esters is 1. The first kappa shape index (κ1) is 14.9. The van der Waals surface area contributed by atoms with Crippen LogP contribution in [0.5, 0.6) is 0 Å². The average molecular weight is 284 g/mol. The van der Waals surface area contributed by atoms with Crippen molar-refractivity contribution in [1.29, 1.82) is 0 Å². The molecule has 4 heteroatoms. The molecule has 0 aliphatic heterocycles. The third-order valence-electron chi connectivity index (χ3n) is 3.44. The van der Waals surface area contributed by atoms with E-state index in [2.05, 4.69) is 24.4 Å². The van der Waals surface area contributed by atoms with Crippen LogP contribution in [0.2, 0.25) is 0 Å². The van der Waals surface area contributed by atoms with E-state index in [9.17, 15) is 4.79 Å². The van der Waals surface area contributed by atoms with Gasteiger partial charge in [-0.15, -0.1) is 0 Å². The monoisotopic (exact) mass is 284 g/mol. The van der Waals surface area contributed by atoms with Crippen molar-refractivity contribution in [3.63, 3.8) is 0 Å². The van der Waals surface area contributed by atoms with Crippen LogP contribution in [-0.2, 0) is 11.2 Å². The molecule has 0 amide bonds. The number of methoxy groups -OCH3 is 1. The number of anilines is 2. The summed E-state index contributed by atoms with van der Waals surface area (Å²) in [6, 6.07) is 13.6. The van der Waals surface area contributed by atoms with E-state index in [1.807, 2.05) is 18.2 Å². The van der Waals surface area contributed by atoms with E-state index < -0.39 is 5.97 Å². The van der Waals surface area contributed by atoms with Crippen molar-refractivity contribution >= 4 is 17.3 Å². The molecule has 0 heterocycles. The molecule has 2 aromatic carbocycles. The molecule has 0 aliphatic rings. The standard InChI is InChI=1S/C17H20N2O2/c1-12-5-3-4-6-13(12)9-10-19-14-7-8-16(18)15(11-14)17(20)21-2/h3-8,11,19H,9-10,18H2,1-2H3. The number of ether oxygens (including phenoxy) is 1. The molecule has 2 aromatic rings. The Morgan fingerprint density at radius 3 is 2.71 bits per heavy atom. The van der Waals surface area contributed by atoms with Gasteiger partial charge in [0, 0.05) is 17.9 Å². The van der Waals surface area contributed by atoms with Crippen LogP contribution in [0.15, 0.2) is 42.5 Å². The second-order valence-electron chi connectivity index (χ2n) is 4.90. The van der Waals surface area contributed by atoms with E-state index in [0.29, 0.717) is 11.3 Å². The minimum Gasteiger partial charge on any atom is -0.465 e. The van der Waals surface area contributed by atoms with Gasteiger partial charge in [-0.25, -0.2) is 4.79 Å². The lowest BCUT2D eigenvalue weighted by atomic mass is 10.1. The zero-order chi connectivity index (χ0) is 15.2. The van der Waals surface area contributed by atoms with Crippen molar-refractivity contribution in [1.82, 2.24) is 0 Å². The van der Waals surface area contributed by atoms with Gasteiger partial charge in [-0.2, -0.15) is 0 Å². The quantitative estimate of drug-likeness (QED) is 0.654. The molecule has 3 N–H and O–H groups in total. The minimum absolute atomic E-state index is 0.387. The van der Waals surface area contributed by atoms with Gasteiger partial charge in [0.05, 0.1) is 12.7 Å². The maximum absolute atomic E-state index is 11.6. The predicted octanol–water partition coefficient (Wildman–Crippen LogP) is 3.02. The molecule has 0 atom stereocenters. The lowest BCUT2D eigenvalue weighted by molar-refractivity contribution is 0.0602. The molecule has 0 fully saturated rings. The highest BCUT2D eigenvalue weighted by Crippen LogP contribution is 2.19. The molecule has 4 nitrogen and oxygen atoms in total. The minimum atomic E-state index is -0.421. The smallest absolute Gasteiger partial charge is 0.340 e. The van der Waals surface area contributed by atoms with Gasteiger partial charge in [-0.05, 0) is 42.7 Å². The molecule has 0 aromatic heterocycles. The number of hydrogen-bond acceptors (Lipinski definition) is 4. The molecule has 110 valence electrons. The number of hydrogen-bond donors (Lipinski definition) is 2. The van der Waals surface area contributed by atoms with Crippen molar-refractivity contribution in [2.45, 2.75) is 13.3 Å². The van der Waals surface area contributed by atoms with Crippen molar-refractivity contribution in [2.75, 3.05) is 24.7 Å². The summed E-state index contributed by atoms with van der Waals surface area (Å²) < 4.78 is 4.71.